The second-order valence-corrected chi connectivity index (χ2v) is 14.9. The third kappa shape index (κ3) is 12.7. The second-order valence-electron chi connectivity index (χ2n) is 14.9. The number of esters is 1. The van der Waals surface area contributed by atoms with Crippen LogP contribution in [0.1, 0.15) is 61.2 Å². The van der Waals surface area contributed by atoms with Gasteiger partial charge in [0.15, 0.2) is 5.65 Å². The number of aliphatic imine (C=N–C) groups is 3. The quantitative estimate of drug-likeness (QED) is 0.0733. The summed E-state index contributed by atoms with van der Waals surface area (Å²) >= 11 is 0. The largest absolute Gasteiger partial charge is 0.459 e. The molecule has 3 N–H and O–H groups in total. The van der Waals surface area contributed by atoms with Gasteiger partial charge in [0.1, 0.15) is 41.6 Å². The number of carbonyl (C=O) groups is 4. The van der Waals surface area contributed by atoms with Crippen molar-refractivity contribution < 1.29 is 37.4 Å². The summed E-state index contributed by atoms with van der Waals surface area (Å²) in [5, 5.41) is 11.8. The van der Waals surface area contributed by atoms with Crippen molar-refractivity contribution in [3.63, 3.8) is 0 Å². The van der Waals surface area contributed by atoms with Crippen LogP contribution in [0.25, 0.3) is 16.9 Å². The van der Waals surface area contributed by atoms with Crippen molar-refractivity contribution in [3.05, 3.63) is 119 Å². The lowest BCUT2D eigenvalue weighted by atomic mass is 10.0. The molecule has 324 valence electrons. The van der Waals surface area contributed by atoms with Crippen LogP contribution in [0, 0.1) is 11.6 Å². The van der Waals surface area contributed by atoms with Gasteiger partial charge in [-0.15, -0.1) is 0 Å². The van der Waals surface area contributed by atoms with E-state index in [1.54, 1.807) is 63.2 Å². The number of carbonyl (C=O) groups excluding carboxylic acids is 4. The molecule has 1 aliphatic heterocycles. The SMILES string of the molecule is CC(C)(C)OC(=O)NCC(=O)OCc1ccc(-c2nn3cccnc3c2C(=O)N[C@H]2N=C(c3ccccc3)c3cccc(F)c3NC2=O)c(F)c1.CCN=C=NCCCN(C)C. The molecule has 0 radical (unpaired) electrons. The molecule has 18 heteroatoms. The zero-order valence-corrected chi connectivity index (χ0v) is 35.2. The van der Waals surface area contributed by atoms with Crippen LogP contribution in [0.5, 0.6) is 0 Å². The molecule has 2 aromatic heterocycles. The summed E-state index contributed by atoms with van der Waals surface area (Å²) in [5.41, 5.74) is 0.325. The summed E-state index contributed by atoms with van der Waals surface area (Å²) in [6, 6.07) is 21.2. The summed E-state index contributed by atoms with van der Waals surface area (Å²) in [7, 11) is 4.12. The Morgan fingerprint density at radius 3 is 2.47 bits per heavy atom. The van der Waals surface area contributed by atoms with Crippen LogP contribution in [0.4, 0.5) is 19.3 Å². The first-order chi connectivity index (χ1) is 29.6. The second kappa shape index (κ2) is 21.4. The molecular weight excluding hydrogens is 803 g/mol. The summed E-state index contributed by atoms with van der Waals surface area (Å²) in [6.45, 7) is 8.92. The Balaban J connectivity index is 0.000000582. The van der Waals surface area contributed by atoms with Gasteiger partial charge in [-0.1, -0.05) is 48.5 Å². The van der Waals surface area contributed by atoms with Crippen molar-refractivity contribution in [2.75, 3.05) is 45.6 Å². The summed E-state index contributed by atoms with van der Waals surface area (Å²) in [5.74, 6) is -3.91. The topological polar surface area (TPSA) is 193 Å². The molecule has 16 nitrogen and oxygen atoms in total. The number of benzene rings is 3. The minimum Gasteiger partial charge on any atom is -0.459 e. The molecule has 1 aliphatic rings. The molecule has 1 atom stereocenters. The molecule has 0 aliphatic carbocycles. The Bertz CT molecular complexity index is 2490. The number of nitrogens with zero attached hydrogens (tertiary/aromatic N) is 7. The fraction of sp³-hybridized carbons (Fsp3) is 0.318. The first-order valence-corrected chi connectivity index (χ1v) is 19.7. The summed E-state index contributed by atoms with van der Waals surface area (Å²) < 4.78 is 42.2. The molecule has 3 heterocycles. The van der Waals surface area contributed by atoms with E-state index < -0.39 is 53.8 Å². The van der Waals surface area contributed by atoms with E-state index in [9.17, 15) is 23.6 Å². The molecular formula is C44H48F2N10O6. The number of fused-ring (bicyclic) bond motifs is 2. The van der Waals surface area contributed by atoms with Gasteiger partial charge in [-0.25, -0.2) is 38.1 Å². The number of hydrogen-bond donors (Lipinski definition) is 3. The molecule has 6 rings (SSSR count). The molecule has 0 unspecified atom stereocenters. The van der Waals surface area contributed by atoms with Crippen molar-refractivity contribution in [1.82, 2.24) is 30.1 Å². The fourth-order valence-corrected chi connectivity index (χ4v) is 5.85. The number of amides is 3. The van der Waals surface area contributed by atoms with Crippen LogP contribution in [0.15, 0.2) is 100 Å². The molecule has 0 saturated heterocycles. The van der Waals surface area contributed by atoms with Crippen LogP contribution in [0.3, 0.4) is 0 Å². The van der Waals surface area contributed by atoms with Gasteiger partial charge in [0.2, 0.25) is 6.17 Å². The first kappa shape index (κ1) is 45.9. The van der Waals surface area contributed by atoms with Crippen molar-refractivity contribution in [2.24, 2.45) is 15.0 Å². The molecule has 5 aromatic rings. The van der Waals surface area contributed by atoms with E-state index in [-0.39, 0.29) is 46.0 Å². The lowest BCUT2D eigenvalue weighted by molar-refractivity contribution is -0.143. The standard InChI is InChI=1S/C36H31F2N7O6.C8H17N3/c1-36(2,3)51-35(49)40-18-26(46)50-19-20-13-14-22(25(38)17-20)30-27(32-39-15-8-16-45(32)44-30)33(47)43-31-34(48)42-29-23(11-7-12-24(29)37)28(41-31)21-9-5-4-6-10-21;1-4-9-8-10-6-5-7-11(2)3/h4-17,31H,18-19H2,1-3H3,(H,40,49)(H,42,48)(H,43,47);4-7H2,1-3H3/t31-;/m1./s1. The maximum Gasteiger partial charge on any atom is 0.408 e. The van der Waals surface area contributed by atoms with Crippen molar-refractivity contribution in [2.45, 2.75) is 52.5 Å². The van der Waals surface area contributed by atoms with Gasteiger partial charge < -0.3 is 30.3 Å². The lowest BCUT2D eigenvalue weighted by Crippen LogP contribution is -2.42. The number of rotatable bonds is 13. The number of alkyl carbamates (subject to hydrolysis) is 1. The highest BCUT2D eigenvalue weighted by Gasteiger charge is 2.32. The predicted octanol–water partition coefficient (Wildman–Crippen LogP) is 5.92. The first-order valence-electron chi connectivity index (χ1n) is 19.7. The van der Waals surface area contributed by atoms with Gasteiger partial charge >= 0.3 is 12.1 Å². The van der Waals surface area contributed by atoms with Gasteiger partial charge in [0.05, 0.1) is 24.0 Å². The zero-order chi connectivity index (χ0) is 44.8. The van der Waals surface area contributed by atoms with Crippen molar-refractivity contribution in [1.29, 1.82) is 0 Å². The number of anilines is 1. The number of nitrogens with one attached hydrogen (secondary N) is 3. The highest BCUT2D eigenvalue weighted by Crippen LogP contribution is 2.30. The van der Waals surface area contributed by atoms with Gasteiger partial charge in [-0.3, -0.25) is 14.4 Å². The van der Waals surface area contributed by atoms with E-state index >= 15 is 4.39 Å². The monoisotopic (exact) mass is 850 g/mol. The average Bonchev–Trinajstić information content (AvgIpc) is 3.55. The fourth-order valence-electron chi connectivity index (χ4n) is 5.85. The van der Waals surface area contributed by atoms with Crippen LogP contribution >= 0.6 is 0 Å². The number of para-hydroxylation sites is 1. The van der Waals surface area contributed by atoms with Gasteiger partial charge in [-0.05, 0) is 84.6 Å². The molecule has 0 spiro atoms. The van der Waals surface area contributed by atoms with E-state index in [0.29, 0.717) is 11.1 Å². The highest BCUT2D eigenvalue weighted by molar-refractivity contribution is 6.20. The Hall–Kier alpha value is -7.17. The van der Waals surface area contributed by atoms with E-state index in [1.165, 1.54) is 41.2 Å². The number of ether oxygens (including phenoxy) is 2. The minimum absolute atomic E-state index is 0.0653. The van der Waals surface area contributed by atoms with Crippen LogP contribution in [-0.4, -0.2) is 107 Å². The van der Waals surface area contributed by atoms with Gasteiger partial charge in [-0.2, -0.15) is 5.10 Å². The molecule has 3 aromatic carbocycles. The maximum atomic E-state index is 15.7. The molecule has 0 fully saturated rings. The molecule has 0 saturated carbocycles. The Morgan fingerprint density at radius 2 is 1.76 bits per heavy atom. The Morgan fingerprint density at radius 1 is 0.984 bits per heavy atom. The van der Waals surface area contributed by atoms with E-state index in [1.807, 2.05) is 6.92 Å². The molecule has 0 bridgehead atoms. The Kier molecular flexibility index (Phi) is 15.8. The smallest absolute Gasteiger partial charge is 0.408 e. The van der Waals surface area contributed by atoms with Crippen LogP contribution in [0.2, 0.25) is 0 Å². The summed E-state index contributed by atoms with van der Waals surface area (Å²) in [4.78, 5) is 70.2. The van der Waals surface area contributed by atoms with E-state index in [2.05, 4.69) is 66.0 Å². The maximum absolute atomic E-state index is 15.7. The molecule has 62 heavy (non-hydrogen) atoms. The van der Waals surface area contributed by atoms with Gasteiger partial charge in [0, 0.05) is 35.6 Å². The number of halogens is 2. The minimum atomic E-state index is -1.53. The van der Waals surface area contributed by atoms with E-state index in [4.69, 9.17) is 9.47 Å². The average molecular weight is 851 g/mol. The van der Waals surface area contributed by atoms with Crippen molar-refractivity contribution >= 4 is 46.9 Å². The molecule has 3 amide bonds. The van der Waals surface area contributed by atoms with Crippen LogP contribution < -0.4 is 16.0 Å². The predicted molar refractivity (Wildman–Crippen MR) is 229 cm³/mol. The third-order valence-electron chi connectivity index (χ3n) is 8.60. The number of hydrogen-bond acceptors (Lipinski definition) is 12. The number of benzodiazepines with no additional fused rings is 1. The van der Waals surface area contributed by atoms with Gasteiger partial charge in [0.25, 0.3) is 11.8 Å². The van der Waals surface area contributed by atoms with E-state index in [0.717, 1.165) is 32.1 Å². The lowest BCUT2D eigenvalue weighted by Gasteiger charge is -2.19. The normalized spacial score (nSPS) is 13.3. The number of aromatic nitrogens is 3. The highest BCUT2D eigenvalue weighted by atomic mass is 19.1. The Labute approximate surface area is 357 Å². The zero-order valence-electron chi connectivity index (χ0n) is 35.2. The van der Waals surface area contributed by atoms with Crippen LogP contribution in [-0.2, 0) is 25.7 Å². The third-order valence-corrected chi connectivity index (χ3v) is 8.60. The van der Waals surface area contributed by atoms with Crippen molar-refractivity contribution in [3.8, 4) is 11.3 Å². The summed E-state index contributed by atoms with van der Waals surface area (Å²) in [6.07, 6.45) is 1.70.